The number of carbonyl (C=O) groups excluding carboxylic acids is 3. The smallest absolute Gasteiger partial charge is 0.327 e. The zero-order valence-electron chi connectivity index (χ0n) is 11.5. The summed E-state index contributed by atoms with van der Waals surface area (Å²) in [6, 6.07) is -0.619. The fourth-order valence-corrected chi connectivity index (χ4v) is 1.93. The van der Waals surface area contributed by atoms with Gasteiger partial charge in [0.2, 0.25) is 5.91 Å². The Morgan fingerprint density at radius 2 is 2.05 bits per heavy atom. The number of carbonyl (C=O) groups is 3. The van der Waals surface area contributed by atoms with Crippen LogP contribution in [0.3, 0.4) is 0 Å². The molecule has 1 aliphatic heterocycles. The van der Waals surface area contributed by atoms with Crippen LogP contribution in [0.4, 0.5) is 4.79 Å². The molecule has 0 spiro atoms. The predicted molar refractivity (Wildman–Crippen MR) is 68.2 cm³/mol. The summed E-state index contributed by atoms with van der Waals surface area (Å²) >= 11 is 0. The third-order valence-corrected chi connectivity index (χ3v) is 3.12. The molecule has 0 radical (unpaired) electrons. The number of nitrogens with one attached hydrogen (secondary N) is 1. The van der Waals surface area contributed by atoms with Gasteiger partial charge in [0.05, 0.1) is 0 Å². The first-order chi connectivity index (χ1) is 8.86. The van der Waals surface area contributed by atoms with E-state index in [-0.39, 0.29) is 43.5 Å². The molecule has 4 amide bonds. The van der Waals surface area contributed by atoms with Crippen molar-refractivity contribution in [1.82, 2.24) is 15.1 Å². The Balaban J connectivity index is 2.55. The van der Waals surface area contributed by atoms with Crippen LogP contribution in [0.2, 0.25) is 0 Å². The average Bonchev–Trinajstić information content (AvgIpc) is 2.55. The Kier molecular flexibility index (Phi) is 5.29. The van der Waals surface area contributed by atoms with Gasteiger partial charge in [0.1, 0.15) is 13.1 Å². The summed E-state index contributed by atoms with van der Waals surface area (Å²) in [6.07, 6.45) is 0.450. The van der Waals surface area contributed by atoms with Gasteiger partial charge in [-0.3, -0.25) is 14.5 Å². The maximum absolute atomic E-state index is 11.8. The Bertz CT molecular complexity index is 370. The predicted octanol–water partition coefficient (Wildman–Crippen LogP) is -0.596. The first kappa shape index (κ1) is 15.4. The highest BCUT2D eigenvalue weighted by Crippen LogP contribution is 2.09. The van der Waals surface area contributed by atoms with Crippen LogP contribution in [-0.2, 0) is 9.59 Å². The highest BCUT2D eigenvalue weighted by atomic mass is 16.3. The maximum Gasteiger partial charge on any atom is 0.327 e. The molecule has 0 bridgehead atoms. The lowest BCUT2D eigenvalue weighted by molar-refractivity contribution is -0.131. The second-order valence-corrected chi connectivity index (χ2v) is 5.05. The molecule has 0 aromatic rings. The summed E-state index contributed by atoms with van der Waals surface area (Å²) in [5.41, 5.74) is 0. The van der Waals surface area contributed by atoms with Crippen LogP contribution < -0.4 is 5.32 Å². The normalized spacial score (nSPS) is 17.3. The molecule has 2 N–H and O–H groups in total. The maximum atomic E-state index is 11.8. The first-order valence-corrected chi connectivity index (χ1v) is 6.32. The summed E-state index contributed by atoms with van der Waals surface area (Å²) in [4.78, 5) is 37.2. The van der Waals surface area contributed by atoms with Crippen LogP contribution >= 0.6 is 0 Å². The van der Waals surface area contributed by atoms with E-state index in [9.17, 15) is 14.4 Å². The summed E-state index contributed by atoms with van der Waals surface area (Å²) in [6.45, 7) is 3.58. The Hall–Kier alpha value is -1.63. The highest BCUT2D eigenvalue weighted by molar-refractivity contribution is 6.04. The van der Waals surface area contributed by atoms with Crippen molar-refractivity contribution in [3.05, 3.63) is 0 Å². The molecule has 0 aromatic carbocycles. The molecule has 108 valence electrons. The third kappa shape index (κ3) is 3.92. The molecular formula is C12H21N3O4. The van der Waals surface area contributed by atoms with Gasteiger partial charge in [-0.2, -0.15) is 0 Å². The number of amides is 4. The number of rotatable bonds is 6. The van der Waals surface area contributed by atoms with Crippen LogP contribution in [-0.4, -0.2) is 65.5 Å². The minimum absolute atomic E-state index is 0.0103. The third-order valence-electron chi connectivity index (χ3n) is 3.12. The molecular weight excluding hydrogens is 250 g/mol. The summed E-state index contributed by atoms with van der Waals surface area (Å²) in [5, 5.41) is 11.7. The van der Waals surface area contributed by atoms with Gasteiger partial charge in [-0.05, 0) is 12.3 Å². The van der Waals surface area contributed by atoms with Crippen LogP contribution in [0.1, 0.15) is 20.3 Å². The van der Waals surface area contributed by atoms with Crippen LogP contribution in [0.15, 0.2) is 0 Å². The van der Waals surface area contributed by atoms with E-state index in [2.05, 4.69) is 5.32 Å². The Morgan fingerprint density at radius 3 is 2.47 bits per heavy atom. The molecule has 0 aliphatic carbocycles. The van der Waals surface area contributed by atoms with E-state index in [1.54, 1.807) is 0 Å². The summed E-state index contributed by atoms with van der Waals surface area (Å²) in [7, 11) is 1.51. The van der Waals surface area contributed by atoms with Crippen LogP contribution in [0, 0.1) is 5.92 Å². The van der Waals surface area contributed by atoms with Gasteiger partial charge in [0.15, 0.2) is 0 Å². The minimum Gasteiger partial charge on any atom is -0.396 e. The molecule has 1 rings (SSSR count). The molecule has 1 fully saturated rings. The first-order valence-electron chi connectivity index (χ1n) is 6.32. The van der Waals surface area contributed by atoms with Gasteiger partial charge in [-0.15, -0.1) is 0 Å². The molecule has 19 heavy (non-hydrogen) atoms. The number of aliphatic hydroxyl groups excluding tert-OH is 1. The Labute approximate surface area is 112 Å². The van der Waals surface area contributed by atoms with E-state index >= 15 is 0 Å². The zero-order valence-corrected chi connectivity index (χ0v) is 11.5. The van der Waals surface area contributed by atoms with E-state index in [1.165, 1.54) is 11.9 Å². The molecule has 1 heterocycles. The van der Waals surface area contributed by atoms with Crippen LogP contribution in [0.5, 0.6) is 0 Å². The fourth-order valence-electron chi connectivity index (χ4n) is 1.93. The number of nitrogens with zero attached hydrogens (tertiary/aromatic N) is 2. The molecule has 1 aliphatic rings. The fraction of sp³-hybridized carbons (Fsp3) is 0.750. The van der Waals surface area contributed by atoms with E-state index in [0.717, 1.165) is 4.90 Å². The number of hydrogen-bond donors (Lipinski definition) is 2. The van der Waals surface area contributed by atoms with Gasteiger partial charge in [-0.25, -0.2) is 4.79 Å². The molecule has 7 nitrogen and oxygen atoms in total. The van der Waals surface area contributed by atoms with E-state index in [4.69, 9.17) is 5.11 Å². The quantitative estimate of drug-likeness (QED) is 0.631. The number of hydrogen-bond acceptors (Lipinski definition) is 4. The van der Waals surface area contributed by atoms with Crippen molar-refractivity contribution in [2.45, 2.75) is 26.3 Å². The van der Waals surface area contributed by atoms with Gasteiger partial charge in [-0.1, -0.05) is 13.8 Å². The Morgan fingerprint density at radius 1 is 1.42 bits per heavy atom. The minimum atomic E-state index is -0.455. The average molecular weight is 271 g/mol. The van der Waals surface area contributed by atoms with Crippen molar-refractivity contribution in [1.29, 1.82) is 0 Å². The lowest BCUT2D eigenvalue weighted by Crippen LogP contribution is -2.46. The number of aliphatic hydroxyl groups is 1. The van der Waals surface area contributed by atoms with Crippen molar-refractivity contribution >= 4 is 17.8 Å². The van der Waals surface area contributed by atoms with Gasteiger partial charge in [0.25, 0.3) is 5.91 Å². The second-order valence-electron chi connectivity index (χ2n) is 5.05. The molecule has 0 aromatic heterocycles. The summed E-state index contributed by atoms with van der Waals surface area (Å²) < 4.78 is 0. The van der Waals surface area contributed by atoms with Gasteiger partial charge < -0.3 is 15.3 Å². The lowest BCUT2D eigenvalue weighted by atomic mass is 10.0. The molecule has 1 saturated heterocycles. The van der Waals surface area contributed by atoms with Crippen LogP contribution in [0.25, 0.3) is 0 Å². The van der Waals surface area contributed by atoms with E-state index < -0.39 is 6.03 Å². The molecule has 1 atom stereocenters. The molecule has 7 heteroatoms. The lowest BCUT2D eigenvalue weighted by Gasteiger charge is -2.22. The van der Waals surface area contributed by atoms with Crippen molar-refractivity contribution in [2.75, 3.05) is 26.7 Å². The van der Waals surface area contributed by atoms with Crippen molar-refractivity contribution < 1.29 is 19.5 Å². The van der Waals surface area contributed by atoms with E-state index in [0.29, 0.717) is 6.42 Å². The second kappa shape index (κ2) is 6.51. The molecule has 1 unspecified atom stereocenters. The van der Waals surface area contributed by atoms with Crippen molar-refractivity contribution in [2.24, 2.45) is 5.92 Å². The van der Waals surface area contributed by atoms with Crippen molar-refractivity contribution in [3.63, 3.8) is 0 Å². The number of urea groups is 1. The molecule has 0 saturated carbocycles. The van der Waals surface area contributed by atoms with Crippen molar-refractivity contribution in [3.8, 4) is 0 Å². The standard InChI is InChI=1S/C12H21N3O4/c1-8(2)9(4-5-16)13-10(17)6-15-11(18)7-14(3)12(15)19/h8-9,16H,4-7H2,1-3H3,(H,13,17). The van der Waals surface area contributed by atoms with E-state index in [1.807, 2.05) is 13.8 Å². The van der Waals surface area contributed by atoms with Gasteiger partial charge >= 0.3 is 6.03 Å². The monoisotopic (exact) mass is 271 g/mol. The zero-order chi connectivity index (χ0) is 14.6. The summed E-state index contributed by atoms with van der Waals surface area (Å²) in [5.74, 6) is -0.584. The number of likely N-dealkylation sites (N-methyl/N-ethyl adjacent to an activating group) is 1. The largest absolute Gasteiger partial charge is 0.396 e. The highest BCUT2D eigenvalue weighted by Gasteiger charge is 2.35. The van der Waals surface area contributed by atoms with Gasteiger partial charge in [0, 0.05) is 19.7 Å². The SMILES string of the molecule is CC(C)C(CCO)NC(=O)CN1C(=O)CN(C)C1=O. The number of imide groups is 1. The topological polar surface area (TPSA) is 89.9 Å².